The molecule has 1 unspecified atom stereocenters. The fraction of sp³-hybridized carbons (Fsp3) is 1.00. The van der Waals surface area contributed by atoms with Crippen molar-refractivity contribution in [2.75, 3.05) is 19.6 Å². The molecule has 2 rings (SSSR count). The highest BCUT2D eigenvalue weighted by atomic mass is 15.2. The van der Waals surface area contributed by atoms with Crippen LogP contribution in [0.25, 0.3) is 0 Å². The van der Waals surface area contributed by atoms with Gasteiger partial charge in [0.05, 0.1) is 0 Å². The van der Waals surface area contributed by atoms with Crippen molar-refractivity contribution in [2.24, 2.45) is 11.8 Å². The molecule has 20 heavy (non-hydrogen) atoms. The van der Waals surface area contributed by atoms with E-state index in [4.69, 9.17) is 0 Å². The molecule has 0 aromatic rings. The smallest absolute Gasteiger partial charge is 0.0124 e. The van der Waals surface area contributed by atoms with Crippen LogP contribution >= 0.6 is 0 Å². The number of hydrogen-bond acceptors (Lipinski definition) is 2. The zero-order chi connectivity index (χ0) is 14.4. The predicted molar refractivity (Wildman–Crippen MR) is 88.1 cm³/mol. The maximum absolute atomic E-state index is 3.74. The number of nitrogens with one attached hydrogen (secondary N) is 1. The minimum atomic E-state index is 0.685. The normalized spacial score (nSPS) is 29.4. The third-order valence-corrected chi connectivity index (χ3v) is 5.43. The lowest BCUT2D eigenvalue weighted by molar-refractivity contribution is 0.0613. The molecule has 1 heterocycles. The van der Waals surface area contributed by atoms with Gasteiger partial charge in [-0.1, -0.05) is 26.7 Å². The van der Waals surface area contributed by atoms with Gasteiger partial charge in [0.2, 0.25) is 0 Å². The van der Waals surface area contributed by atoms with Crippen molar-refractivity contribution < 1.29 is 0 Å². The van der Waals surface area contributed by atoms with Crippen LogP contribution in [0.5, 0.6) is 0 Å². The maximum atomic E-state index is 3.74. The van der Waals surface area contributed by atoms with Gasteiger partial charge in [-0.25, -0.2) is 0 Å². The number of nitrogens with zero attached hydrogens (tertiary/aromatic N) is 1. The molecule has 0 amide bonds. The Balaban J connectivity index is 1.65. The minimum Gasteiger partial charge on any atom is -0.313 e. The second-order valence-electron chi connectivity index (χ2n) is 7.62. The Bertz CT molecular complexity index is 262. The van der Waals surface area contributed by atoms with Crippen molar-refractivity contribution in [3.63, 3.8) is 0 Å². The zero-order valence-electron chi connectivity index (χ0n) is 14.0. The summed E-state index contributed by atoms with van der Waals surface area (Å²) in [5.41, 5.74) is 0. The molecule has 0 aromatic heterocycles. The Morgan fingerprint density at radius 2 is 1.75 bits per heavy atom. The predicted octanol–water partition coefficient (Wildman–Crippen LogP) is 4.06. The number of hydrogen-bond donors (Lipinski definition) is 1. The van der Waals surface area contributed by atoms with Gasteiger partial charge >= 0.3 is 0 Å². The number of piperidine rings is 1. The Morgan fingerprint density at radius 1 is 1.00 bits per heavy atom. The lowest BCUT2D eigenvalue weighted by atomic mass is 9.78. The summed E-state index contributed by atoms with van der Waals surface area (Å²) >= 11 is 0. The van der Waals surface area contributed by atoms with Crippen molar-refractivity contribution in [1.29, 1.82) is 0 Å². The van der Waals surface area contributed by atoms with Gasteiger partial charge in [-0.2, -0.15) is 0 Å². The Morgan fingerprint density at radius 3 is 2.55 bits per heavy atom. The summed E-state index contributed by atoms with van der Waals surface area (Å²) in [4.78, 5) is 2.80. The van der Waals surface area contributed by atoms with Crippen LogP contribution in [0.4, 0.5) is 0 Å². The van der Waals surface area contributed by atoms with E-state index in [9.17, 15) is 0 Å². The van der Waals surface area contributed by atoms with Crippen LogP contribution in [-0.4, -0.2) is 36.6 Å². The molecule has 1 aliphatic carbocycles. The van der Waals surface area contributed by atoms with E-state index in [1.165, 1.54) is 71.0 Å². The number of likely N-dealkylation sites (tertiary alicyclic amines) is 1. The molecule has 1 saturated heterocycles. The fourth-order valence-corrected chi connectivity index (χ4v) is 4.15. The van der Waals surface area contributed by atoms with E-state index in [-0.39, 0.29) is 0 Å². The first kappa shape index (κ1) is 16.3. The van der Waals surface area contributed by atoms with E-state index in [0.29, 0.717) is 6.04 Å². The molecule has 0 bridgehead atoms. The van der Waals surface area contributed by atoms with Gasteiger partial charge in [0.1, 0.15) is 0 Å². The largest absolute Gasteiger partial charge is 0.313 e. The van der Waals surface area contributed by atoms with Gasteiger partial charge in [0.15, 0.2) is 0 Å². The van der Waals surface area contributed by atoms with E-state index in [1.807, 2.05) is 0 Å². The fourth-order valence-electron chi connectivity index (χ4n) is 4.15. The van der Waals surface area contributed by atoms with Gasteiger partial charge in [-0.05, 0) is 63.8 Å². The molecule has 2 heteroatoms. The van der Waals surface area contributed by atoms with Crippen LogP contribution in [0.15, 0.2) is 0 Å². The molecule has 0 aromatic carbocycles. The van der Waals surface area contributed by atoms with Crippen molar-refractivity contribution >= 4 is 0 Å². The molecule has 2 fully saturated rings. The summed E-state index contributed by atoms with van der Waals surface area (Å²) in [7, 11) is 0. The monoisotopic (exact) mass is 280 g/mol. The van der Waals surface area contributed by atoms with Gasteiger partial charge in [0.25, 0.3) is 0 Å². The maximum Gasteiger partial charge on any atom is 0.0124 e. The highest BCUT2D eigenvalue weighted by Gasteiger charge is 2.32. The standard InChI is InChI=1S/C18H36N2/c1-15(2)10-11-16(3)19-12-14-20-13-6-8-17-7-4-5-9-18(17)20/h15-19H,4-14H2,1-3H3/t16?,17-,18-/m1/s1. The zero-order valence-corrected chi connectivity index (χ0v) is 14.0. The molecule has 0 spiro atoms. The molecule has 1 saturated carbocycles. The highest BCUT2D eigenvalue weighted by molar-refractivity contribution is 4.87. The third-order valence-electron chi connectivity index (χ3n) is 5.43. The first-order chi connectivity index (χ1) is 9.66. The van der Waals surface area contributed by atoms with Crippen LogP contribution in [0.2, 0.25) is 0 Å². The summed E-state index contributed by atoms with van der Waals surface area (Å²) in [5, 5.41) is 3.74. The van der Waals surface area contributed by atoms with Crippen molar-refractivity contribution in [3.05, 3.63) is 0 Å². The molecular weight excluding hydrogens is 244 g/mol. The van der Waals surface area contributed by atoms with Crippen LogP contribution < -0.4 is 5.32 Å². The minimum absolute atomic E-state index is 0.685. The lowest BCUT2D eigenvalue weighted by Crippen LogP contribution is -2.49. The van der Waals surface area contributed by atoms with Gasteiger partial charge < -0.3 is 5.32 Å². The van der Waals surface area contributed by atoms with Crippen LogP contribution in [0, 0.1) is 11.8 Å². The first-order valence-electron chi connectivity index (χ1n) is 9.14. The van der Waals surface area contributed by atoms with Crippen LogP contribution in [-0.2, 0) is 0 Å². The summed E-state index contributed by atoms with van der Waals surface area (Å²) < 4.78 is 0. The summed E-state index contributed by atoms with van der Waals surface area (Å²) in [6.45, 7) is 10.8. The van der Waals surface area contributed by atoms with Crippen LogP contribution in [0.3, 0.4) is 0 Å². The van der Waals surface area contributed by atoms with E-state index < -0.39 is 0 Å². The number of rotatable bonds is 7. The lowest BCUT2D eigenvalue weighted by Gasteiger charge is -2.44. The van der Waals surface area contributed by atoms with E-state index in [0.717, 1.165) is 17.9 Å². The van der Waals surface area contributed by atoms with Gasteiger partial charge in [0, 0.05) is 25.2 Å². The Hall–Kier alpha value is -0.0800. The van der Waals surface area contributed by atoms with Crippen molar-refractivity contribution in [3.8, 4) is 0 Å². The average Bonchev–Trinajstić information content (AvgIpc) is 2.45. The molecule has 2 aliphatic rings. The second kappa shape index (κ2) is 8.38. The molecule has 118 valence electrons. The highest BCUT2D eigenvalue weighted by Crippen LogP contribution is 2.34. The Labute approximate surface area is 126 Å². The topological polar surface area (TPSA) is 15.3 Å². The van der Waals surface area contributed by atoms with Crippen molar-refractivity contribution in [2.45, 2.75) is 84.2 Å². The summed E-state index contributed by atoms with van der Waals surface area (Å²) in [6.07, 6.45) is 11.5. The Kier molecular flexibility index (Phi) is 6.83. The third kappa shape index (κ3) is 5.04. The van der Waals surface area contributed by atoms with Crippen LogP contribution in [0.1, 0.15) is 72.1 Å². The van der Waals surface area contributed by atoms with E-state index in [1.54, 1.807) is 0 Å². The SMILES string of the molecule is CC(C)CCC(C)NCCN1CCC[C@H]2CCCC[C@H]21. The molecule has 2 nitrogen and oxygen atoms in total. The molecular formula is C18H36N2. The number of fused-ring (bicyclic) bond motifs is 1. The van der Waals surface area contributed by atoms with E-state index in [2.05, 4.69) is 31.0 Å². The molecule has 0 radical (unpaired) electrons. The quantitative estimate of drug-likeness (QED) is 0.756. The molecule has 1 N–H and O–H groups in total. The molecule has 3 atom stereocenters. The average molecular weight is 280 g/mol. The summed E-state index contributed by atoms with van der Waals surface area (Å²) in [6, 6.07) is 1.61. The molecule has 1 aliphatic heterocycles. The van der Waals surface area contributed by atoms with Crippen molar-refractivity contribution in [1.82, 2.24) is 10.2 Å². The van der Waals surface area contributed by atoms with Gasteiger partial charge in [-0.3, -0.25) is 4.90 Å². The summed E-state index contributed by atoms with van der Waals surface area (Å²) in [5.74, 6) is 1.86. The van der Waals surface area contributed by atoms with E-state index >= 15 is 0 Å². The first-order valence-corrected chi connectivity index (χ1v) is 9.14. The second-order valence-corrected chi connectivity index (χ2v) is 7.62. The van der Waals surface area contributed by atoms with Gasteiger partial charge in [-0.15, -0.1) is 0 Å².